The molecule has 1 heterocycles. The van der Waals surface area contributed by atoms with Gasteiger partial charge < -0.3 is 14.2 Å². The van der Waals surface area contributed by atoms with Crippen molar-refractivity contribution in [3.05, 3.63) is 0 Å². The topological polar surface area (TPSA) is 27.7 Å². The molecule has 0 aliphatic carbocycles. The van der Waals surface area contributed by atoms with E-state index in [1.54, 1.807) is 0 Å². The Labute approximate surface area is 71.8 Å². The van der Waals surface area contributed by atoms with Crippen LogP contribution < -0.4 is 0 Å². The summed E-state index contributed by atoms with van der Waals surface area (Å²) in [5, 5.41) is 0. The normalized spacial score (nSPS) is 30.5. The minimum Gasteiger partial charge on any atom is -0.382 e. The van der Waals surface area contributed by atoms with E-state index in [4.69, 9.17) is 13.6 Å². The Hall–Kier alpha value is -0.120. The van der Waals surface area contributed by atoms with E-state index < -0.39 is 7.04 Å². The zero-order chi connectivity index (χ0) is 10.4. The summed E-state index contributed by atoms with van der Waals surface area (Å²) < 4.78 is 35.4. The molecule has 0 N–H and O–H groups in total. The Morgan fingerprint density at radius 2 is 2.55 bits per heavy atom. The first-order valence-electron chi connectivity index (χ1n) is 5.45. The van der Waals surface area contributed by atoms with Crippen LogP contribution in [0.2, 0.25) is 0 Å². The summed E-state index contributed by atoms with van der Waals surface area (Å²) >= 11 is 0. The highest BCUT2D eigenvalue weighted by Crippen LogP contribution is 2.13. The number of hydrogen-bond donors (Lipinski definition) is 0. The van der Waals surface area contributed by atoms with Gasteiger partial charge in [0.25, 0.3) is 0 Å². The highest BCUT2D eigenvalue weighted by Gasteiger charge is 2.12. The van der Waals surface area contributed by atoms with E-state index >= 15 is 0 Å². The Kier molecular flexibility index (Phi) is 2.77. The second-order valence-electron chi connectivity index (χ2n) is 2.52. The smallest absolute Gasteiger partial charge is 0.157 e. The van der Waals surface area contributed by atoms with Gasteiger partial charge in [0, 0.05) is 13.6 Å². The van der Waals surface area contributed by atoms with Gasteiger partial charge in [-0.15, -0.1) is 0 Å². The molecule has 0 aromatic carbocycles. The van der Waals surface area contributed by atoms with Gasteiger partial charge >= 0.3 is 0 Å². The first-order chi connectivity index (χ1) is 6.58. The van der Waals surface area contributed by atoms with E-state index in [0.717, 1.165) is 25.9 Å². The fraction of sp³-hybridized carbons (Fsp3) is 1.00. The largest absolute Gasteiger partial charge is 0.382 e. The van der Waals surface area contributed by atoms with Gasteiger partial charge in [-0.2, -0.15) is 0 Å². The molecule has 0 amide bonds. The van der Waals surface area contributed by atoms with E-state index in [0.29, 0.717) is 0 Å². The van der Waals surface area contributed by atoms with Crippen molar-refractivity contribution in [3.8, 4) is 0 Å². The lowest BCUT2D eigenvalue weighted by Crippen LogP contribution is -2.23. The van der Waals surface area contributed by atoms with Gasteiger partial charge in [0.15, 0.2) is 6.29 Å². The summed E-state index contributed by atoms with van der Waals surface area (Å²) in [6.45, 7) is 1.07. The molecule has 1 rings (SSSR count). The van der Waals surface area contributed by atoms with Gasteiger partial charge in [-0.25, -0.2) is 0 Å². The van der Waals surface area contributed by atoms with Crippen molar-refractivity contribution in [3.63, 3.8) is 0 Å². The molecule has 0 saturated carbocycles. The van der Waals surface area contributed by atoms with Crippen LogP contribution in [0.1, 0.15) is 23.4 Å². The highest BCUT2D eigenvalue weighted by molar-refractivity contribution is 4.53. The third-order valence-electron chi connectivity index (χ3n) is 1.63. The van der Waals surface area contributed by atoms with E-state index in [1.807, 2.05) is 0 Å². The minimum absolute atomic E-state index is 0.0797. The molecular formula is C8H16O3. The molecule has 1 unspecified atom stereocenters. The fourth-order valence-corrected chi connectivity index (χ4v) is 1.06. The van der Waals surface area contributed by atoms with Gasteiger partial charge in [-0.05, 0) is 19.3 Å². The van der Waals surface area contributed by atoms with Gasteiger partial charge in [-0.3, -0.25) is 0 Å². The maximum Gasteiger partial charge on any atom is 0.157 e. The van der Waals surface area contributed by atoms with Crippen LogP contribution in [-0.2, 0) is 14.2 Å². The van der Waals surface area contributed by atoms with Crippen molar-refractivity contribution in [2.45, 2.75) is 25.6 Å². The molecule has 0 bridgehead atoms. The Morgan fingerprint density at radius 1 is 1.55 bits per heavy atom. The van der Waals surface area contributed by atoms with Crippen LogP contribution in [0.3, 0.4) is 0 Å². The lowest BCUT2D eigenvalue weighted by molar-refractivity contribution is -0.167. The molecule has 11 heavy (non-hydrogen) atoms. The second kappa shape index (κ2) is 5.52. The molecule has 1 aliphatic heterocycles. The van der Waals surface area contributed by atoms with Crippen LogP contribution in [0.4, 0.5) is 0 Å². The van der Waals surface area contributed by atoms with Crippen molar-refractivity contribution in [1.82, 2.24) is 0 Å². The third-order valence-corrected chi connectivity index (χ3v) is 1.63. The highest BCUT2D eigenvalue weighted by atomic mass is 16.7. The van der Waals surface area contributed by atoms with Gasteiger partial charge in [0.1, 0.15) is 0 Å². The van der Waals surface area contributed by atoms with Crippen LogP contribution in [0, 0.1) is 0 Å². The molecule has 3 nitrogen and oxygen atoms in total. The number of methoxy groups -OCH3 is 1. The van der Waals surface area contributed by atoms with Gasteiger partial charge in [0.2, 0.25) is 0 Å². The monoisotopic (exact) mass is 163 g/mol. The van der Waals surface area contributed by atoms with Crippen molar-refractivity contribution in [2.75, 3.05) is 26.9 Å². The van der Waals surface area contributed by atoms with Crippen molar-refractivity contribution >= 4 is 0 Å². The first kappa shape index (κ1) is 5.51. The molecule has 1 saturated heterocycles. The van der Waals surface area contributed by atoms with E-state index in [9.17, 15) is 0 Å². The van der Waals surface area contributed by atoms with Crippen LogP contribution in [0.5, 0.6) is 0 Å². The maximum atomic E-state index is 6.78. The number of rotatable bonds is 4. The number of hydrogen-bond acceptors (Lipinski definition) is 3. The minimum atomic E-state index is -2.32. The standard InChI is InChI=1S/C8H16O3/c1-9-6-7-11-8-4-2-3-5-10-8/h8H,2-7H2,1H3/i1D3. The summed E-state index contributed by atoms with van der Waals surface area (Å²) in [6.07, 6.45) is 2.88. The molecule has 0 aromatic rings. The lowest BCUT2D eigenvalue weighted by Gasteiger charge is -2.22. The SMILES string of the molecule is [2H]C([2H])([2H])OCCOC1CCCCO1. The molecule has 0 spiro atoms. The van der Waals surface area contributed by atoms with Crippen LogP contribution in [-0.4, -0.2) is 33.1 Å². The van der Waals surface area contributed by atoms with Crippen LogP contribution in [0.25, 0.3) is 0 Å². The van der Waals surface area contributed by atoms with E-state index in [2.05, 4.69) is 4.74 Å². The molecule has 1 fully saturated rings. The Balaban J connectivity index is 1.97. The Bertz CT molecular complexity index is 154. The Morgan fingerprint density at radius 3 is 3.27 bits per heavy atom. The van der Waals surface area contributed by atoms with Gasteiger partial charge in [-0.1, -0.05) is 0 Å². The van der Waals surface area contributed by atoms with Crippen LogP contribution >= 0.6 is 0 Å². The zero-order valence-electron chi connectivity index (χ0n) is 9.54. The predicted octanol–water partition coefficient (Wildman–Crippen LogP) is 1.18. The quantitative estimate of drug-likeness (QED) is 0.582. The molecule has 0 aromatic heterocycles. The molecule has 3 heteroatoms. The second-order valence-corrected chi connectivity index (χ2v) is 2.52. The molecule has 0 radical (unpaired) electrons. The molecule has 66 valence electrons. The first-order valence-corrected chi connectivity index (χ1v) is 3.95. The van der Waals surface area contributed by atoms with Crippen LogP contribution in [0.15, 0.2) is 0 Å². The zero-order valence-corrected chi connectivity index (χ0v) is 6.54. The summed E-state index contributed by atoms with van der Waals surface area (Å²) in [6, 6.07) is 0. The fourth-order valence-electron chi connectivity index (χ4n) is 1.06. The molecular weight excluding hydrogens is 144 g/mol. The van der Waals surface area contributed by atoms with Crippen molar-refractivity contribution < 1.29 is 18.3 Å². The lowest BCUT2D eigenvalue weighted by atomic mass is 10.2. The van der Waals surface area contributed by atoms with Crippen molar-refractivity contribution in [1.29, 1.82) is 0 Å². The van der Waals surface area contributed by atoms with E-state index in [1.165, 1.54) is 0 Å². The average Bonchev–Trinajstić information content (AvgIpc) is 2.13. The number of ether oxygens (including phenoxy) is 3. The summed E-state index contributed by atoms with van der Waals surface area (Å²) in [5.74, 6) is 0. The summed E-state index contributed by atoms with van der Waals surface area (Å²) in [7, 11) is -2.32. The predicted molar refractivity (Wildman–Crippen MR) is 41.4 cm³/mol. The van der Waals surface area contributed by atoms with E-state index in [-0.39, 0.29) is 19.5 Å². The van der Waals surface area contributed by atoms with Crippen molar-refractivity contribution in [2.24, 2.45) is 0 Å². The van der Waals surface area contributed by atoms with Gasteiger partial charge in [0.05, 0.1) is 17.3 Å². The summed E-state index contributed by atoms with van der Waals surface area (Å²) in [4.78, 5) is 0. The average molecular weight is 163 g/mol. The third kappa shape index (κ3) is 3.70. The summed E-state index contributed by atoms with van der Waals surface area (Å²) in [5.41, 5.74) is 0. The molecule has 1 atom stereocenters. The maximum absolute atomic E-state index is 6.78. The molecule has 1 aliphatic rings.